The number of benzene rings is 2. The molecule has 0 heterocycles. The lowest BCUT2D eigenvalue weighted by atomic mass is 10.1. The average molecular weight is 389 g/mol. The summed E-state index contributed by atoms with van der Waals surface area (Å²) in [5.74, 6) is 3.24. The molecule has 0 aliphatic carbocycles. The minimum absolute atomic E-state index is 0.240. The maximum Gasteiger partial charge on any atom is 0.456 e. The molecule has 0 aliphatic heterocycles. The molecule has 0 amide bonds. The van der Waals surface area contributed by atoms with Crippen LogP contribution in [0.5, 0.6) is 0 Å². The highest BCUT2D eigenvalue weighted by Crippen LogP contribution is 2.49. The summed E-state index contributed by atoms with van der Waals surface area (Å²) in [6.07, 6.45) is 2.34. The third-order valence-corrected chi connectivity index (χ3v) is 5.23. The molecule has 2 aromatic rings. The molecular formula is C21H22ClO3P. The van der Waals surface area contributed by atoms with Crippen LogP contribution in [0, 0.1) is 11.6 Å². The van der Waals surface area contributed by atoms with E-state index in [2.05, 4.69) is 30.3 Å². The molecule has 5 heteroatoms. The molecule has 0 spiro atoms. The molecule has 1 atom stereocenters. The fraction of sp³-hybridized carbons (Fsp3) is 0.238. The van der Waals surface area contributed by atoms with E-state index in [1.54, 1.807) is 31.2 Å². The van der Waals surface area contributed by atoms with Crippen molar-refractivity contribution in [3.8, 4) is 11.6 Å². The smallest absolute Gasteiger partial charge is 0.421 e. The van der Waals surface area contributed by atoms with Gasteiger partial charge in [-0.2, -0.15) is 0 Å². The molecule has 26 heavy (non-hydrogen) atoms. The highest BCUT2D eigenvalue weighted by Gasteiger charge is 2.23. The van der Waals surface area contributed by atoms with E-state index in [1.165, 1.54) is 5.56 Å². The zero-order valence-corrected chi connectivity index (χ0v) is 16.4. The van der Waals surface area contributed by atoms with Gasteiger partial charge in [0.25, 0.3) is 0 Å². The standard InChI is InChI=1S/C21H22ClO3P/c1-3-24-26(23,17-16-20-12-14-21(22)15-13-20)25-18(2)8-7-11-19-9-5-4-6-10-19/h4-6,9-10,12-15H,2-3,7-8,11H2,1H3. The molecule has 0 bridgehead atoms. The number of hydrogen-bond acceptors (Lipinski definition) is 3. The molecule has 2 aromatic carbocycles. The summed E-state index contributed by atoms with van der Waals surface area (Å²) in [5.41, 5.74) is 4.56. The lowest BCUT2D eigenvalue weighted by molar-refractivity contribution is 0.256. The molecule has 1 unspecified atom stereocenters. The van der Waals surface area contributed by atoms with Gasteiger partial charge in [-0.1, -0.05) is 54.4 Å². The first-order valence-corrected chi connectivity index (χ1v) is 10.4. The fourth-order valence-corrected chi connectivity index (χ4v) is 3.59. The maximum absolute atomic E-state index is 12.8. The molecule has 0 N–H and O–H groups in total. The van der Waals surface area contributed by atoms with Crippen LogP contribution in [0.3, 0.4) is 0 Å². The minimum Gasteiger partial charge on any atom is -0.421 e. The normalized spacial score (nSPS) is 12.5. The first-order chi connectivity index (χ1) is 12.5. The third-order valence-electron chi connectivity index (χ3n) is 3.49. The Labute approximate surface area is 160 Å². The summed E-state index contributed by atoms with van der Waals surface area (Å²) in [6.45, 7) is 5.85. The van der Waals surface area contributed by atoms with Gasteiger partial charge < -0.3 is 4.52 Å². The van der Waals surface area contributed by atoms with Gasteiger partial charge in [-0.05, 0) is 49.6 Å². The van der Waals surface area contributed by atoms with E-state index in [9.17, 15) is 4.57 Å². The van der Waals surface area contributed by atoms with E-state index in [0.717, 1.165) is 12.8 Å². The average Bonchev–Trinajstić information content (AvgIpc) is 2.62. The SMILES string of the molecule is C=C(CCCc1ccccc1)OP(=O)(C#Cc1ccc(Cl)cc1)OCC. The zero-order chi connectivity index (χ0) is 18.8. The van der Waals surface area contributed by atoms with Crippen LogP contribution in [0.25, 0.3) is 0 Å². The Morgan fingerprint density at radius 1 is 1.15 bits per heavy atom. The van der Waals surface area contributed by atoms with Crippen molar-refractivity contribution in [3.05, 3.63) is 83.1 Å². The number of hydrogen-bond donors (Lipinski definition) is 0. The van der Waals surface area contributed by atoms with Crippen LogP contribution < -0.4 is 0 Å². The Morgan fingerprint density at radius 3 is 2.50 bits per heavy atom. The maximum atomic E-state index is 12.8. The predicted octanol–water partition coefficient (Wildman–Crippen LogP) is 6.43. The second-order valence-corrected chi connectivity index (χ2v) is 7.72. The molecule has 0 fully saturated rings. The van der Waals surface area contributed by atoms with Gasteiger partial charge in [-0.3, -0.25) is 4.52 Å². The summed E-state index contributed by atoms with van der Waals surface area (Å²) in [4.78, 5) is 0. The van der Waals surface area contributed by atoms with Crippen molar-refractivity contribution in [1.29, 1.82) is 0 Å². The van der Waals surface area contributed by atoms with E-state index in [-0.39, 0.29) is 6.61 Å². The predicted molar refractivity (Wildman–Crippen MR) is 107 cm³/mol. The van der Waals surface area contributed by atoms with E-state index in [0.29, 0.717) is 22.8 Å². The number of rotatable bonds is 8. The van der Waals surface area contributed by atoms with E-state index in [4.69, 9.17) is 20.6 Å². The molecule has 3 nitrogen and oxygen atoms in total. The Morgan fingerprint density at radius 2 is 1.85 bits per heavy atom. The molecule has 136 valence electrons. The molecule has 0 saturated carbocycles. The molecule has 0 aromatic heterocycles. The zero-order valence-electron chi connectivity index (χ0n) is 14.8. The van der Waals surface area contributed by atoms with Crippen LogP contribution >= 0.6 is 19.2 Å². The van der Waals surface area contributed by atoms with E-state index >= 15 is 0 Å². The van der Waals surface area contributed by atoms with E-state index < -0.39 is 7.60 Å². The van der Waals surface area contributed by atoms with Crippen LogP contribution in [-0.2, 0) is 20.0 Å². The largest absolute Gasteiger partial charge is 0.456 e. The summed E-state index contributed by atoms with van der Waals surface area (Å²) in [7, 11) is -3.56. The van der Waals surface area contributed by atoms with Crippen molar-refractivity contribution in [2.45, 2.75) is 26.2 Å². The van der Waals surface area contributed by atoms with Gasteiger partial charge >= 0.3 is 7.60 Å². The van der Waals surface area contributed by atoms with Crippen LogP contribution in [0.4, 0.5) is 0 Å². The fourth-order valence-electron chi connectivity index (χ4n) is 2.27. The first-order valence-electron chi connectivity index (χ1n) is 8.45. The van der Waals surface area contributed by atoms with Crippen molar-refractivity contribution in [1.82, 2.24) is 0 Å². The highest BCUT2D eigenvalue weighted by molar-refractivity contribution is 7.59. The van der Waals surface area contributed by atoms with Crippen LogP contribution in [-0.4, -0.2) is 6.61 Å². The van der Waals surface area contributed by atoms with Gasteiger partial charge in [-0.25, -0.2) is 4.57 Å². The van der Waals surface area contributed by atoms with Crippen molar-refractivity contribution in [2.75, 3.05) is 6.61 Å². The monoisotopic (exact) mass is 388 g/mol. The molecule has 2 rings (SSSR count). The first kappa shape index (κ1) is 20.3. The third kappa shape index (κ3) is 7.10. The Kier molecular flexibility index (Phi) is 8.01. The molecule has 0 radical (unpaired) electrons. The van der Waals surface area contributed by atoms with Crippen molar-refractivity contribution >= 4 is 19.2 Å². The molecule has 0 saturated heterocycles. The Hall–Kier alpha value is -1.98. The van der Waals surface area contributed by atoms with Crippen LogP contribution in [0.2, 0.25) is 5.02 Å². The lowest BCUT2D eigenvalue weighted by Crippen LogP contribution is -1.95. The Balaban J connectivity index is 1.94. The van der Waals surface area contributed by atoms with Crippen molar-refractivity contribution < 1.29 is 13.6 Å². The number of aryl methyl sites for hydroxylation is 1. The minimum atomic E-state index is -3.56. The van der Waals surface area contributed by atoms with Gasteiger partial charge in [0.1, 0.15) is 0 Å². The summed E-state index contributed by atoms with van der Waals surface area (Å²) in [6, 6.07) is 17.1. The van der Waals surface area contributed by atoms with Gasteiger partial charge in [0.15, 0.2) is 0 Å². The van der Waals surface area contributed by atoms with Gasteiger partial charge in [0.05, 0.1) is 12.4 Å². The van der Waals surface area contributed by atoms with E-state index in [1.807, 2.05) is 18.2 Å². The van der Waals surface area contributed by atoms with Crippen molar-refractivity contribution in [2.24, 2.45) is 0 Å². The number of halogens is 1. The highest BCUT2D eigenvalue weighted by atomic mass is 35.5. The second-order valence-electron chi connectivity index (χ2n) is 5.63. The summed E-state index contributed by atoms with van der Waals surface area (Å²) < 4.78 is 23.6. The van der Waals surface area contributed by atoms with Gasteiger partial charge in [-0.15, -0.1) is 0 Å². The summed E-state index contributed by atoms with van der Waals surface area (Å²) >= 11 is 5.85. The number of allylic oxidation sites excluding steroid dienone is 1. The lowest BCUT2D eigenvalue weighted by Gasteiger charge is -2.15. The second kappa shape index (κ2) is 10.2. The van der Waals surface area contributed by atoms with Crippen LogP contribution in [0.1, 0.15) is 30.9 Å². The Bertz CT molecular complexity index is 820. The van der Waals surface area contributed by atoms with Gasteiger partial charge in [0, 0.05) is 22.7 Å². The molecule has 0 aliphatic rings. The summed E-state index contributed by atoms with van der Waals surface area (Å²) in [5, 5.41) is 0.617. The van der Waals surface area contributed by atoms with Crippen molar-refractivity contribution in [3.63, 3.8) is 0 Å². The topological polar surface area (TPSA) is 35.5 Å². The van der Waals surface area contributed by atoms with Crippen LogP contribution in [0.15, 0.2) is 66.9 Å². The quantitative estimate of drug-likeness (QED) is 0.297. The molecular weight excluding hydrogens is 367 g/mol. The van der Waals surface area contributed by atoms with Gasteiger partial charge in [0.2, 0.25) is 0 Å².